The van der Waals surface area contributed by atoms with Crippen molar-refractivity contribution < 1.29 is 22.4 Å². The largest absolute Gasteiger partial charge is 0.419 e. The van der Waals surface area contributed by atoms with Gasteiger partial charge in [0.2, 0.25) is 5.91 Å². The third-order valence-corrected chi connectivity index (χ3v) is 3.23. The molecule has 0 bridgehead atoms. The molecular weight excluding hydrogens is 330 g/mol. The fourth-order valence-corrected chi connectivity index (χ4v) is 2.15. The molecule has 0 saturated carbocycles. The van der Waals surface area contributed by atoms with Gasteiger partial charge in [-0.3, -0.25) is 9.59 Å². The first kappa shape index (κ1) is 17.6. The number of carbonyl (C=O) groups is 1. The summed E-state index contributed by atoms with van der Waals surface area (Å²) in [5.74, 6) is -1.76. The van der Waals surface area contributed by atoms with Crippen LogP contribution in [0, 0.1) is 19.7 Å². The summed E-state index contributed by atoms with van der Waals surface area (Å²) < 4.78 is 51.2. The van der Waals surface area contributed by atoms with Gasteiger partial charge in [0.05, 0.1) is 12.0 Å². The summed E-state index contributed by atoms with van der Waals surface area (Å²) in [6.07, 6.45) is -5.24. The third-order valence-electron chi connectivity index (χ3n) is 3.23. The van der Waals surface area contributed by atoms with Gasteiger partial charge in [0, 0.05) is 16.9 Å². The molecule has 2 N–H and O–H groups in total. The molecule has 128 valence electrons. The molecule has 2 rings (SSSR count). The summed E-state index contributed by atoms with van der Waals surface area (Å²) in [5, 5.41) is 2.21. The van der Waals surface area contributed by atoms with Crippen molar-refractivity contribution in [3.8, 4) is 0 Å². The van der Waals surface area contributed by atoms with Crippen molar-refractivity contribution in [1.29, 1.82) is 0 Å². The van der Waals surface area contributed by atoms with Crippen molar-refractivity contribution in [1.82, 2.24) is 9.97 Å². The highest BCUT2D eigenvalue weighted by Gasteiger charge is 2.34. The first-order valence-electron chi connectivity index (χ1n) is 6.81. The molecule has 0 atom stereocenters. The maximum absolute atomic E-state index is 13.2. The zero-order valence-electron chi connectivity index (χ0n) is 12.7. The van der Waals surface area contributed by atoms with Crippen LogP contribution >= 0.6 is 0 Å². The van der Waals surface area contributed by atoms with E-state index in [1.807, 2.05) is 0 Å². The van der Waals surface area contributed by atoms with Gasteiger partial charge in [-0.05, 0) is 32.0 Å². The maximum Gasteiger partial charge on any atom is 0.419 e. The van der Waals surface area contributed by atoms with Crippen LogP contribution < -0.4 is 10.9 Å². The van der Waals surface area contributed by atoms with Crippen LogP contribution in [0.25, 0.3) is 0 Å². The van der Waals surface area contributed by atoms with Gasteiger partial charge < -0.3 is 10.3 Å². The number of amides is 1. The number of halogens is 4. The van der Waals surface area contributed by atoms with E-state index in [9.17, 15) is 27.2 Å². The molecule has 0 radical (unpaired) electrons. The average Bonchev–Trinajstić information content (AvgIpc) is 2.43. The smallest absolute Gasteiger partial charge is 0.326 e. The van der Waals surface area contributed by atoms with Crippen molar-refractivity contribution in [2.24, 2.45) is 0 Å². The first-order valence-corrected chi connectivity index (χ1v) is 6.81. The van der Waals surface area contributed by atoms with Crippen molar-refractivity contribution in [3.63, 3.8) is 0 Å². The molecule has 0 saturated heterocycles. The second-order valence-electron chi connectivity index (χ2n) is 5.13. The molecule has 1 amide bonds. The number of anilines is 1. The van der Waals surface area contributed by atoms with Crippen LogP contribution in [-0.4, -0.2) is 15.9 Å². The Morgan fingerprint density at radius 1 is 1.29 bits per heavy atom. The van der Waals surface area contributed by atoms with E-state index in [1.165, 1.54) is 0 Å². The molecule has 0 unspecified atom stereocenters. The van der Waals surface area contributed by atoms with Crippen LogP contribution in [0.3, 0.4) is 0 Å². The Balaban J connectivity index is 2.21. The lowest BCUT2D eigenvalue weighted by Crippen LogP contribution is -2.24. The van der Waals surface area contributed by atoms with Crippen LogP contribution in [0.1, 0.15) is 22.6 Å². The summed E-state index contributed by atoms with van der Waals surface area (Å²) in [4.78, 5) is 30.2. The lowest BCUT2D eigenvalue weighted by atomic mass is 10.1. The Morgan fingerprint density at radius 2 is 1.96 bits per heavy atom. The lowest BCUT2D eigenvalue weighted by Gasteiger charge is -2.11. The van der Waals surface area contributed by atoms with E-state index in [1.54, 1.807) is 13.8 Å². The highest BCUT2D eigenvalue weighted by Crippen LogP contribution is 2.32. The number of H-pyrrole nitrogens is 1. The van der Waals surface area contributed by atoms with Crippen molar-refractivity contribution in [3.05, 3.63) is 57.0 Å². The minimum Gasteiger partial charge on any atom is -0.326 e. The molecule has 1 aromatic heterocycles. The van der Waals surface area contributed by atoms with Gasteiger partial charge in [0.1, 0.15) is 11.6 Å². The third kappa shape index (κ3) is 3.98. The van der Waals surface area contributed by atoms with Crippen LogP contribution in [0.15, 0.2) is 23.0 Å². The fourth-order valence-electron chi connectivity index (χ4n) is 2.15. The fraction of sp³-hybridized carbons (Fsp3) is 0.267. The van der Waals surface area contributed by atoms with Crippen molar-refractivity contribution in [2.75, 3.05) is 5.32 Å². The predicted octanol–water partition coefficient (Wildman–Crippen LogP) is 2.73. The summed E-state index contributed by atoms with van der Waals surface area (Å²) in [6, 6.07) is 2.12. The zero-order valence-corrected chi connectivity index (χ0v) is 12.7. The first-order chi connectivity index (χ1) is 11.1. The lowest BCUT2D eigenvalue weighted by molar-refractivity contribution is -0.140. The highest BCUT2D eigenvalue weighted by molar-refractivity contribution is 5.92. The van der Waals surface area contributed by atoms with Gasteiger partial charge in [-0.25, -0.2) is 9.37 Å². The second-order valence-corrected chi connectivity index (χ2v) is 5.13. The van der Waals surface area contributed by atoms with Crippen LogP contribution in [0.2, 0.25) is 0 Å². The molecule has 24 heavy (non-hydrogen) atoms. The minimum atomic E-state index is -4.88. The summed E-state index contributed by atoms with van der Waals surface area (Å²) in [7, 11) is 0. The molecule has 9 heteroatoms. The monoisotopic (exact) mass is 343 g/mol. The number of nitrogens with one attached hydrogen (secondary N) is 2. The molecule has 0 spiro atoms. The van der Waals surface area contributed by atoms with E-state index in [2.05, 4.69) is 15.3 Å². The SMILES string of the molecule is Cc1nc(C)c(CC(=O)Nc2ccc(F)c(C(F)(F)F)c2)c(=O)[nH]1. The van der Waals surface area contributed by atoms with E-state index < -0.39 is 29.0 Å². The second kappa shape index (κ2) is 6.42. The summed E-state index contributed by atoms with van der Waals surface area (Å²) >= 11 is 0. The van der Waals surface area contributed by atoms with Gasteiger partial charge in [-0.1, -0.05) is 0 Å². The molecule has 0 aliphatic heterocycles. The Morgan fingerprint density at radius 3 is 2.54 bits per heavy atom. The predicted molar refractivity (Wildman–Crippen MR) is 78.1 cm³/mol. The van der Waals surface area contributed by atoms with Crippen LogP contribution in [-0.2, 0) is 17.4 Å². The number of hydrogen-bond donors (Lipinski definition) is 2. The van der Waals surface area contributed by atoms with Gasteiger partial charge in [-0.2, -0.15) is 13.2 Å². The molecule has 1 heterocycles. The zero-order chi connectivity index (χ0) is 18.1. The molecule has 0 fully saturated rings. The Kier molecular flexibility index (Phi) is 4.72. The van der Waals surface area contributed by atoms with E-state index in [0.717, 1.165) is 6.07 Å². The number of aromatic amines is 1. The van der Waals surface area contributed by atoms with Gasteiger partial charge in [-0.15, -0.1) is 0 Å². The van der Waals surface area contributed by atoms with Gasteiger partial charge in [0.15, 0.2) is 0 Å². The molecule has 2 aromatic rings. The van der Waals surface area contributed by atoms with Crippen LogP contribution in [0.5, 0.6) is 0 Å². The number of carbonyl (C=O) groups excluding carboxylic acids is 1. The number of rotatable bonds is 3. The van der Waals surface area contributed by atoms with Gasteiger partial charge >= 0.3 is 6.18 Å². The minimum absolute atomic E-state index is 0.108. The molecule has 0 aliphatic carbocycles. The van der Waals surface area contributed by atoms with E-state index in [0.29, 0.717) is 23.7 Å². The topological polar surface area (TPSA) is 74.8 Å². The number of aromatic nitrogens is 2. The molecule has 0 aliphatic rings. The van der Waals surface area contributed by atoms with E-state index >= 15 is 0 Å². The maximum atomic E-state index is 13.2. The number of aryl methyl sites for hydroxylation is 2. The molecular formula is C15H13F4N3O2. The number of alkyl halides is 3. The summed E-state index contributed by atoms with van der Waals surface area (Å²) in [6.45, 7) is 3.12. The normalized spacial score (nSPS) is 11.4. The summed E-state index contributed by atoms with van der Waals surface area (Å²) in [5.41, 5.74) is -1.74. The van der Waals surface area contributed by atoms with Crippen LogP contribution in [0.4, 0.5) is 23.2 Å². The Bertz CT molecular complexity index is 844. The standard InChI is InChI=1S/C15H13F4N3O2/c1-7-10(14(24)21-8(2)20-7)6-13(23)22-9-3-4-12(16)11(5-9)15(17,18)19/h3-5H,6H2,1-2H3,(H,22,23)(H,20,21,24). The molecule has 1 aromatic carbocycles. The average molecular weight is 343 g/mol. The van der Waals surface area contributed by atoms with E-state index in [4.69, 9.17) is 0 Å². The van der Waals surface area contributed by atoms with Crippen molar-refractivity contribution >= 4 is 11.6 Å². The number of nitrogens with zero attached hydrogens (tertiary/aromatic N) is 1. The van der Waals surface area contributed by atoms with Gasteiger partial charge in [0.25, 0.3) is 5.56 Å². The number of benzene rings is 1. The highest BCUT2D eigenvalue weighted by atomic mass is 19.4. The quantitative estimate of drug-likeness (QED) is 0.842. The molecule has 5 nitrogen and oxygen atoms in total. The Labute approximate surface area is 133 Å². The van der Waals surface area contributed by atoms with Crippen molar-refractivity contribution in [2.45, 2.75) is 26.4 Å². The number of hydrogen-bond acceptors (Lipinski definition) is 3. The van der Waals surface area contributed by atoms with E-state index in [-0.39, 0.29) is 17.7 Å². The Hall–Kier alpha value is -2.71.